The Morgan fingerprint density at radius 1 is 0.253 bits per heavy atom. The van der Waals surface area contributed by atoms with Crippen molar-refractivity contribution in [3.8, 4) is 0 Å². The van der Waals surface area contributed by atoms with Crippen molar-refractivity contribution in [2.75, 3.05) is 13.2 Å². The standard InChI is InChI=1S/C77H124O6/c1-4-7-10-13-16-18-20-22-24-26-28-30-32-33-34-35-36-37-38-39-40-41-42-43-45-46-48-50-52-54-56-58-61-64-67-70-76(79)82-73-74(72-81-75(78)69-66-63-60-15-12-9-6-3)83-77(80)71-68-65-62-59-57-55-53-51-49-47-44-31-29-27-25-23-21-19-17-14-11-8-5-2/h7-8,10-11,16-19,22-25,28-31,33-34,36-37,39-40,42-43,46,48,74H,4-6,9,12-15,20-21,26-27,32,35,38,41,44-45,47,49-73H2,1-3H3/b10-7-,11-8-,18-16-,19-17-,24-22-,25-23-,30-28-,31-29-,34-33-,37-36-,40-39-,43-42-,48-46-. The van der Waals surface area contributed by atoms with E-state index in [-0.39, 0.29) is 31.1 Å². The molecule has 0 saturated carbocycles. The lowest BCUT2D eigenvalue weighted by Crippen LogP contribution is -2.30. The molecule has 0 N–H and O–H groups in total. The van der Waals surface area contributed by atoms with Crippen molar-refractivity contribution in [1.82, 2.24) is 0 Å². The predicted molar refractivity (Wildman–Crippen MR) is 362 cm³/mol. The smallest absolute Gasteiger partial charge is 0.306 e. The summed E-state index contributed by atoms with van der Waals surface area (Å²) >= 11 is 0. The van der Waals surface area contributed by atoms with Gasteiger partial charge >= 0.3 is 17.9 Å². The van der Waals surface area contributed by atoms with E-state index in [2.05, 4.69) is 179 Å². The Morgan fingerprint density at radius 2 is 0.470 bits per heavy atom. The molecule has 0 aromatic heterocycles. The van der Waals surface area contributed by atoms with Crippen molar-refractivity contribution in [2.45, 2.75) is 297 Å². The van der Waals surface area contributed by atoms with E-state index in [0.717, 1.165) is 148 Å². The first-order valence-electron chi connectivity index (χ1n) is 34.0. The number of unbranched alkanes of at least 4 members (excludes halogenated alkanes) is 23. The SMILES string of the molecule is CC/C=C\C/C=C\C/C=C\C/C=C\C/C=C\C/C=C\C/C=C\C/C=C\C/C=C\CCCCCCCCCC(=O)OCC(COC(=O)CCCCCCCCC)OC(=O)CCCCCCCCCCCC/C=C\C/C=C\C/C=C\C/C=C\CC. The summed E-state index contributed by atoms with van der Waals surface area (Å²) in [4.78, 5) is 38.2. The fraction of sp³-hybridized carbons (Fsp3) is 0.623. The van der Waals surface area contributed by atoms with E-state index < -0.39 is 6.10 Å². The molecule has 0 aliphatic heterocycles. The van der Waals surface area contributed by atoms with E-state index >= 15 is 0 Å². The Morgan fingerprint density at radius 3 is 0.735 bits per heavy atom. The van der Waals surface area contributed by atoms with Gasteiger partial charge in [-0.3, -0.25) is 14.4 Å². The van der Waals surface area contributed by atoms with Crippen molar-refractivity contribution < 1.29 is 28.6 Å². The van der Waals surface area contributed by atoms with Crippen LogP contribution in [0.1, 0.15) is 290 Å². The van der Waals surface area contributed by atoms with Crippen molar-refractivity contribution in [1.29, 1.82) is 0 Å². The molecule has 1 atom stereocenters. The minimum absolute atomic E-state index is 0.0866. The summed E-state index contributed by atoms with van der Waals surface area (Å²) in [5.41, 5.74) is 0. The van der Waals surface area contributed by atoms with Gasteiger partial charge in [-0.1, -0.05) is 301 Å². The van der Waals surface area contributed by atoms with Crippen LogP contribution in [0, 0.1) is 0 Å². The van der Waals surface area contributed by atoms with Gasteiger partial charge in [0.15, 0.2) is 6.10 Å². The minimum Gasteiger partial charge on any atom is -0.462 e. The molecule has 0 fully saturated rings. The molecule has 0 aromatic rings. The van der Waals surface area contributed by atoms with Crippen molar-refractivity contribution in [3.63, 3.8) is 0 Å². The maximum atomic E-state index is 12.9. The molecule has 0 saturated heterocycles. The van der Waals surface area contributed by atoms with Gasteiger partial charge in [-0.15, -0.1) is 0 Å². The van der Waals surface area contributed by atoms with Gasteiger partial charge in [-0.2, -0.15) is 0 Å². The third-order valence-electron chi connectivity index (χ3n) is 14.0. The van der Waals surface area contributed by atoms with E-state index in [1.807, 2.05) is 0 Å². The maximum Gasteiger partial charge on any atom is 0.306 e. The molecule has 6 heteroatoms. The van der Waals surface area contributed by atoms with E-state index in [1.54, 1.807) is 0 Å². The highest BCUT2D eigenvalue weighted by Gasteiger charge is 2.19. The molecular weight excluding hydrogens is 1020 g/mol. The molecule has 6 nitrogen and oxygen atoms in total. The Hall–Kier alpha value is -4.97. The van der Waals surface area contributed by atoms with Crippen LogP contribution in [0.5, 0.6) is 0 Å². The first-order valence-corrected chi connectivity index (χ1v) is 34.0. The lowest BCUT2D eigenvalue weighted by atomic mass is 10.0. The summed E-state index contributed by atoms with van der Waals surface area (Å²) in [5, 5.41) is 0. The maximum absolute atomic E-state index is 12.9. The van der Waals surface area contributed by atoms with Gasteiger partial charge in [0.2, 0.25) is 0 Å². The Balaban J connectivity index is 4.17. The zero-order valence-electron chi connectivity index (χ0n) is 53.7. The third kappa shape index (κ3) is 67.7. The average molecular weight is 1150 g/mol. The van der Waals surface area contributed by atoms with Gasteiger partial charge in [-0.25, -0.2) is 0 Å². The number of rotatable bonds is 60. The number of carbonyl (C=O) groups excluding carboxylic acids is 3. The van der Waals surface area contributed by atoms with Crippen LogP contribution in [0.15, 0.2) is 158 Å². The molecule has 83 heavy (non-hydrogen) atoms. The summed E-state index contributed by atoms with van der Waals surface area (Å²) in [6.45, 7) is 6.36. The van der Waals surface area contributed by atoms with Gasteiger partial charge in [0, 0.05) is 19.3 Å². The van der Waals surface area contributed by atoms with Crippen LogP contribution in [0.3, 0.4) is 0 Å². The van der Waals surface area contributed by atoms with Crippen LogP contribution in [-0.4, -0.2) is 37.2 Å². The van der Waals surface area contributed by atoms with Gasteiger partial charge in [0.05, 0.1) is 0 Å². The quantitative estimate of drug-likeness (QED) is 0.0261. The molecule has 468 valence electrons. The van der Waals surface area contributed by atoms with E-state index in [0.29, 0.717) is 19.3 Å². The summed E-state index contributed by atoms with van der Waals surface area (Å²) in [6, 6.07) is 0. The van der Waals surface area contributed by atoms with Crippen molar-refractivity contribution in [3.05, 3.63) is 158 Å². The third-order valence-corrected chi connectivity index (χ3v) is 14.0. The molecule has 0 radical (unpaired) electrons. The van der Waals surface area contributed by atoms with Crippen LogP contribution in [-0.2, 0) is 28.6 Å². The molecule has 0 bridgehead atoms. The number of allylic oxidation sites excluding steroid dienone is 26. The van der Waals surface area contributed by atoms with Gasteiger partial charge in [-0.05, 0) is 128 Å². The minimum atomic E-state index is -0.789. The lowest BCUT2D eigenvalue weighted by molar-refractivity contribution is -0.167. The summed E-state index contributed by atoms with van der Waals surface area (Å²) in [5.74, 6) is -0.909. The summed E-state index contributed by atoms with van der Waals surface area (Å²) in [7, 11) is 0. The number of ether oxygens (including phenoxy) is 3. The number of hydrogen-bond donors (Lipinski definition) is 0. The largest absolute Gasteiger partial charge is 0.462 e. The normalized spacial score (nSPS) is 13.1. The monoisotopic (exact) mass is 1140 g/mol. The Kier molecular flexibility index (Phi) is 65.4. The zero-order valence-corrected chi connectivity index (χ0v) is 53.7. The molecule has 0 heterocycles. The van der Waals surface area contributed by atoms with Gasteiger partial charge in [0.1, 0.15) is 13.2 Å². The van der Waals surface area contributed by atoms with Crippen LogP contribution in [0.25, 0.3) is 0 Å². The van der Waals surface area contributed by atoms with Gasteiger partial charge < -0.3 is 14.2 Å². The van der Waals surface area contributed by atoms with Crippen LogP contribution in [0.4, 0.5) is 0 Å². The lowest BCUT2D eigenvalue weighted by Gasteiger charge is -2.18. The molecule has 0 aliphatic rings. The zero-order chi connectivity index (χ0) is 59.9. The molecule has 0 amide bonds. The molecule has 0 rings (SSSR count). The fourth-order valence-corrected chi connectivity index (χ4v) is 9.01. The molecule has 0 aliphatic carbocycles. The van der Waals surface area contributed by atoms with Crippen LogP contribution in [0.2, 0.25) is 0 Å². The van der Waals surface area contributed by atoms with E-state index in [9.17, 15) is 14.4 Å². The molecule has 1 unspecified atom stereocenters. The summed E-state index contributed by atoms with van der Waals surface area (Å²) < 4.78 is 16.8. The number of esters is 3. The second kappa shape index (κ2) is 69.5. The average Bonchev–Trinajstić information content (AvgIpc) is 3.49. The first kappa shape index (κ1) is 78.0. The van der Waals surface area contributed by atoms with Crippen LogP contribution >= 0.6 is 0 Å². The highest BCUT2D eigenvalue weighted by atomic mass is 16.6. The number of carbonyl (C=O) groups is 3. The first-order chi connectivity index (χ1) is 41.0. The molecule has 0 aromatic carbocycles. The second-order valence-corrected chi connectivity index (χ2v) is 22.0. The molecule has 0 spiro atoms. The second-order valence-electron chi connectivity index (χ2n) is 22.0. The predicted octanol–water partition coefficient (Wildman–Crippen LogP) is 23.7. The van der Waals surface area contributed by atoms with Gasteiger partial charge in [0.25, 0.3) is 0 Å². The van der Waals surface area contributed by atoms with Crippen LogP contribution < -0.4 is 0 Å². The fourth-order valence-electron chi connectivity index (χ4n) is 9.01. The Bertz CT molecular complexity index is 1840. The molecular formula is C77H124O6. The van der Waals surface area contributed by atoms with E-state index in [1.165, 1.54) is 103 Å². The van der Waals surface area contributed by atoms with E-state index in [4.69, 9.17) is 14.2 Å². The summed E-state index contributed by atoms with van der Waals surface area (Å²) in [6.07, 6.45) is 101. The number of hydrogen-bond acceptors (Lipinski definition) is 6. The Labute approximate surface area is 511 Å². The highest BCUT2D eigenvalue weighted by molar-refractivity contribution is 5.71. The highest BCUT2D eigenvalue weighted by Crippen LogP contribution is 2.15. The van der Waals surface area contributed by atoms with Crippen molar-refractivity contribution >= 4 is 17.9 Å². The topological polar surface area (TPSA) is 78.9 Å². The van der Waals surface area contributed by atoms with Crippen molar-refractivity contribution in [2.24, 2.45) is 0 Å².